The van der Waals surface area contributed by atoms with Crippen molar-refractivity contribution in [3.63, 3.8) is 0 Å². The van der Waals surface area contributed by atoms with Gasteiger partial charge in [-0.2, -0.15) is 0 Å². The number of carbonyl (C=O) groups excluding carboxylic acids is 1. The lowest BCUT2D eigenvalue weighted by Gasteiger charge is -2.05. The number of unbranched alkanes of at least 4 members (excludes halogenated alkanes) is 50. The first kappa shape index (κ1) is 57.2. The van der Waals surface area contributed by atoms with E-state index in [4.69, 9.17) is 4.74 Å². The molecule has 0 radical (unpaired) electrons. The van der Waals surface area contributed by atoms with Crippen LogP contribution in [0.4, 0.5) is 0 Å². The SMILES string of the molecule is C=COC(=O)CCCCCCCCCCCCCCCCCCCCCCCCCCCCCCCCCCCCCCCCCCCCCCCCCCCCC. The molecule has 2 nitrogen and oxygen atoms in total. The highest BCUT2D eigenvalue weighted by Gasteiger charge is 2.01. The third-order valence-electron chi connectivity index (χ3n) is 13.2. The van der Waals surface area contributed by atoms with Crippen LogP contribution in [0.25, 0.3) is 0 Å². The Balaban J connectivity index is 3.07. The van der Waals surface area contributed by atoms with Gasteiger partial charge in [0.05, 0.1) is 6.26 Å². The van der Waals surface area contributed by atoms with Gasteiger partial charge in [0.2, 0.25) is 0 Å². The van der Waals surface area contributed by atoms with E-state index in [0.29, 0.717) is 6.42 Å². The maximum atomic E-state index is 11.3. The zero-order valence-electron chi connectivity index (χ0n) is 40.4. The Morgan fingerprint density at radius 1 is 0.276 bits per heavy atom. The van der Waals surface area contributed by atoms with Gasteiger partial charge in [-0.15, -0.1) is 0 Å². The summed E-state index contributed by atoms with van der Waals surface area (Å²) in [7, 11) is 0. The number of hydrogen-bond donors (Lipinski definition) is 0. The average molecular weight is 815 g/mol. The molecule has 0 aromatic rings. The summed E-state index contributed by atoms with van der Waals surface area (Å²) in [5.41, 5.74) is 0. The lowest BCUT2D eigenvalue weighted by Crippen LogP contribution is -1.98. The largest absolute Gasteiger partial charge is 0.435 e. The van der Waals surface area contributed by atoms with Crippen LogP contribution in [-0.4, -0.2) is 5.97 Å². The van der Waals surface area contributed by atoms with Gasteiger partial charge in [0.25, 0.3) is 0 Å². The van der Waals surface area contributed by atoms with Crippen molar-refractivity contribution >= 4 is 5.97 Å². The zero-order valence-corrected chi connectivity index (χ0v) is 40.4. The minimum atomic E-state index is -0.141. The van der Waals surface area contributed by atoms with E-state index in [1.165, 1.54) is 321 Å². The molecule has 0 aliphatic heterocycles. The Bertz CT molecular complexity index is 745. The Morgan fingerprint density at radius 3 is 0.552 bits per heavy atom. The van der Waals surface area contributed by atoms with Crippen LogP contribution < -0.4 is 0 Å². The van der Waals surface area contributed by atoms with Gasteiger partial charge < -0.3 is 4.74 Å². The summed E-state index contributed by atoms with van der Waals surface area (Å²) in [5.74, 6) is -0.141. The van der Waals surface area contributed by atoms with E-state index in [2.05, 4.69) is 13.5 Å². The van der Waals surface area contributed by atoms with Crippen LogP contribution >= 0.6 is 0 Å². The zero-order chi connectivity index (χ0) is 41.8. The quantitative estimate of drug-likeness (QED) is 0.0347. The molecule has 0 saturated carbocycles. The third kappa shape index (κ3) is 53.2. The average Bonchev–Trinajstić information content (AvgIpc) is 3.23. The van der Waals surface area contributed by atoms with Crippen molar-refractivity contribution in [2.24, 2.45) is 0 Å². The van der Waals surface area contributed by atoms with Crippen molar-refractivity contribution in [1.29, 1.82) is 0 Å². The summed E-state index contributed by atoms with van der Waals surface area (Å²) >= 11 is 0. The fraction of sp³-hybridized carbons (Fsp3) is 0.946. The number of hydrogen-bond acceptors (Lipinski definition) is 2. The molecule has 0 amide bonds. The molecule has 0 spiro atoms. The fourth-order valence-corrected chi connectivity index (χ4v) is 9.16. The van der Waals surface area contributed by atoms with Gasteiger partial charge >= 0.3 is 5.97 Å². The first-order valence-electron chi connectivity index (χ1n) is 27.6. The lowest BCUT2D eigenvalue weighted by atomic mass is 10.0. The summed E-state index contributed by atoms with van der Waals surface area (Å²) in [6.45, 7) is 5.73. The molecular weight excluding hydrogens is 705 g/mol. The summed E-state index contributed by atoms with van der Waals surface area (Å²) in [5, 5.41) is 0. The second kappa shape index (κ2) is 54.2. The van der Waals surface area contributed by atoms with Crippen LogP contribution in [0.2, 0.25) is 0 Å². The van der Waals surface area contributed by atoms with Crippen molar-refractivity contribution in [2.45, 2.75) is 341 Å². The molecule has 0 rings (SSSR count). The summed E-state index contributed by atoms with van der Waals surface area (Å²) in [6, 6.07) is 0. The Kier molecular flexibility index (Phi) is 53.5. The molecule has 58 heavy (non-hydrogen) atoms. The molecule has 0 aliphatic carbocycles. The molecule has 0 aromatic carbocycles. The number of ether oxygens (including phenoxy) is 1. The molecule has 0 saturated heterocycles. The van der Waals surface area contributed by atoms with E-state index in [9.17, 15) is 4.79 Å². The number of carbonyl (C=O) groups is 1. The van der Waals surface area contributed by atoms with E-state index in [-0.39, 0.29) is 5.97 Å². The molecule has 2 heteroatoms. The maximum absolute atomic E-state index is 11.3. The minimum absolute atomic E-state index is 0.141. The smallest absolute Gasteiger partial charge is 0.310 e. The van der Waals surface area contributed by atoms with Crippen molar-refractivity contribution in [1.82, 2.24) is 0 Å². The molecular formula is C56H110O2. The summed E-state index contributed by atoms with van der Waals surface area (Å²) < 4.78 is 4.75. The standard InChI is InChI=1S/C56H110O2/c1-3-5-6-7-8-9-10-11-12-13-14-15-16-17-18-19-20-21-22-23-24-25-26-27-28-29-30-31-32-33-34-35-36-37-38-39-40-41-42-43-44-45-46-47-48-49-50-51-52-53-54-55-56(57)58-4-2/h4H,2-3,5-55H2,1H3. The number of rotatable bonds is 53. The van der Waals surface area contributed by atoms with Gasteiger partial charge in [-0.25, -0.2) is 0 Å². The van der Waals surface area contributed by atoms with Gasteiger partial charge in [-0.1, -0.05) is 335 Å². The van der Waals surface area contributed by atoms with Gasteiger partial charge in [0.15, 0.2) is 0 Å². The van der Waals surface area contributed by atoms with Gasteiger partial charge in [-0.3, -0.25) is 4.79 Å². The maximum Gasteiger partial charge on any atom is 0.310 e. The first-order valence-corrected chi connectivity index (χ1v) is 27.6. The van der Waals surface area contributed by atoms with Crippen LogP contribution in [0.5, 0.6) is 0 Å². The van der Waals surface area contributed by atoms with Crippen LogP contribution in [0, 0.1) is 0 Å². The molecule has 0 atom stereocenters. The molecule has 0 fully saturated rings. The van der Waals surface area contributed by atoms with Crippen LogP contribution in [-0.2, 0) is 9.53 Å². The minimum Gasteiger partial charge on any atom is -0.435 e. The van der Waals surface area contributed by atoms with Crippen molar-refractivity contribution in [2.75, 3.05) is 0 Å². The summed E-state index contributed by atoms with van der Waals surface area (Å²) in [6.07, 6.45) is 75.6. The predicted octanol–water partition coefficient (Wildman–Crippen LogP) is 21.0. The molecule has 0 bridgehead atoms. The highest BCUT2D eigenvalue weighted by atomic mass is 16.5. The second-order valence-electron chi connectivity index (χ2n) is 19.1. The van der Waals surface area contributed by atoms with E-state index in [1.807, 2.05) is 0 Å². The summed E-state index contributed by atoms with van der Waals surface area (Å²) in [4.78, 5) is 11.3. The van der Waals surface area contributed by atoms with E-state index >= 15 is 0 Å². The first-order chi connectivity index (χ1) is 28.8. The highest BCUT2D eigenvalue weighted by molar-refractivity contribution is 5.69. The topological polar surface area (TPSA) is 26.3 Å². The van der Waals surface area contributed by atoms with Crippen molar-refractivity contribution in [3.05, 3.63) is 12.8 Å². The Hall–Kier alpha value is -0.790. The van der Waals surface area contributed by atoms with Crippen LogP contribution in [0.1, 0.15) is 341 Å². The van der Waals surface area contributed by atoms with Gasteiger partial charge in [-0.05, 0) is 6.42 Å². The van der Waals surface area contributed by atoms with E-state index in [1.54, 1.807) is 0 Å². The van der Waals surface area contributed by atoms with E-state index < -0.39 is 0 Å². The molecule has 0 heterocycles. The molecule has 0 unspecified atom stereocenters. The normalized spacial score (nSPS) is 11.5. The number of esters is 1. The van der Waals surface area contributed by atoms with Crippen LogP contribution in [0.15, 0.2) is 12.8 Å². The van der Waals surface area contributed by atoms with Crippen molar-refractivity contribution in [3.8, 4) is 0 Å². The highest BCUT2D eigenvalue weighted by Crippen LogP contribution is 2.19. The monoisotopic (exact) mass is 815 g/mol. The fourth-order valence-electron chi connectivity index (χ4n) is 9.16. The van der Waals surface area contributed by atoms with Crippen molar-refractivity contribution < 1.29 is 9.53 Å². The Morgan fingerprint density at radius 2 is 0.414 bits per heavy atom. The van der Waals surface area contributed by atoms with Gasteiger partial charge in [0.1, 0.15) is 0 Å². The van der Waals surface area contributed by atoms with Gasteiger partial charge in [0, 0.05) is 6.42 Å². The molecule has 0 N–H and O–H groups in total. The van der Waals surface area contributed by atoms with E-state index in [0.717, 1.165) is 12.8 Å². The molecule has 346 valence electrons. The predicted molar refractivity (Wildman–Crippen MR) is 262 cm³/mol. The molecule has 0 aliphatic rings. The molecule has 0 aromatic heterocycles. The lowest BCUT2D eigenvalue weighted by molar-refractivity contribution is -0.138. The third-order valence-corrected chi connectivity index (χ3v) is 13.2. The van der Waals surface area contributed by atoms with Crippen LogP contribution in [0.3, 0.4) is 0 Å². The second-order valence-corrected chi connectivity index (χ2v) is 19.1. The Labute approximate surface area is 367 Å².